The van der Waals surface area contributed by atoms with E-state index >= 15 is 0 Å². The molecule has 1 heterocycles. The summed E-state index contributed by atoms with van der Waals surface area (Å²) >= 11 is 0. The maximum absolute atomic E-state index is 9.59. The maximum atomic E-state index is 9.59. The van der Waals surface area contributed by atoms with Crippen LogP contribution in [0.4, 0.5) is 0 Å². The van der Waals surface area contributed by atoms with E-state index in [0.29, 0.717) is 13.2 Å². The molecule has 1 atom stereocenters. The summed E-state index contributed by atoms with van der Waals surface area (Å²) in [6.07, 6.45) is 3.25. The molecule has 0 aromatic carbocycles. The third kappa shape index (κ3) is 3.92. The molecule has 0 aliphatic heterocycles. The maximum Gasteiger partial charge on any atom is 0.0948 e. The number of imidazole rings is 1. The van der Waals surface area contributed by atoms with Crippen molar-refractivity contribution in [3.05, 3.63) is 18.2 Å². The highest BCUT2D eigenvalue weighted by molar-refractivity contribution is 4.97. The average Bonchev–Trinajstić information content (AvgIpc) is 2.65. The second-order valence-corrected chi connectivity index (χ2v) is 3.98. The van der Waals surface area contributed by atoms with Crippen LogP contribution in [0.5, 0.6) is 0 Å². The quantitative estimate of drug-likeness (QED) is 0.730. The predicted octanol–water partition coefficient (Wildman–Crippen LogP) is 0.342. The topological polar surface area (TPSA) is 50.5 Å². The molecule has 0 aliphatic carbocycles. The highest BCUT2D eigenvalue weighted by atomic mass is 16.5. The van der Waals surface area contributed by atoms with Crippen molar-refractivity contribution in [2.45, 2.75) is 26.1 Å². The Morgan fingerprint density at radius 2 is 2.38 bits per heavy atom. The summed E-state index contributed by atoms with van der Waals surface area (Å²) in [4.78, 5) is 6.17. The van der Waals surface area contributed by atoms with Crippen LogP contribution in [0.2, 0.25) is 0 Å². The number of aromatic nitrogens is 2. The molecule has 92 valence electrons. The summed E-state index contributed by atoms with van der Waals surface area (Å²) in [6.45, 7) is 4.77. The molecule has 0 spiro atoms. The molecule has 1 unspecified atom stereocenters. The number of methoxy groups -OCH3 is 1. The van der Waals surface area contributed by atoms with Crippen molar-refractivity contribution in [1.82, 2.24) is 14.5 Å². The summed E-state index contributed by atoms with van der Waals surface area (Å²) in [5.74, 6) is 0. The Balaban J connectivity index is 2.42. The van der Waals surface area contributed by atoms with Crippen LogP contribution in [0.1, 0.15) is 12.6 Å². The smallest absolute Gasteiger partial charge is 0.0948 e. The van der Waals surface area contributed by atoms with Gasteiger partial charge in [0.15, 0.2) is 0 Å². The molecule has 1 N–H and O–H groups in total. The molecule has 5 heteroatoms. The van der Waals surface area contributed by atoms with E-state index in [1.54, 1.807) is 7.11 Å². The van der Waals surface area contributed by atoms with E-state index in [1.807, 2.05) is 19.6 Å². The lowest BCUT2D eigenvalue weighted by Crippen LogP contribution is -2.32. The number of likely N-dealkylation sites (N-methyl/N-ethyl adjacent to an activating group) is 1. The van der Waals surface area contributed by atoms with Gasteiger partial charge in [0.25, 0.3) is 0 Å². The van der Waals surface area contributed by atoms with Crippen molar-refractivity contribution < 1.29 is 9.84 Å². The van der Waals surface area contributed by atoms with Crippen molar-refractivity contribution in [3.63, 3.8) is 0 Å². The zero-order valence-electron chi connectivity index (χ0n) is 10.3. The fraction of sp³-hybridized carbons (Fsp3) is 0.727. The SMILES string of the molecule is CCn1cncc1CN(C)CC(O)COC. The molecule has 16 heavy (non-hydrogen) atoms. The van der Waals surface area contributed by atoms with Gasteiger partial charge in [-0.2, -0.15) is 0 Å². The molecule has 1 aromatic rings. The number of aliphatic hydroxyl groups is 1. The third-order valence-electron chi connectivity index (χ3n) is 2.45. The standard InChI is InChI=1S/C11H21N3O2/c1-4-14-9-12-5-10(14)6-13(2)7-11(15)8-16-3/h5,9,11,15H,4,6-8H2,1-3H3. The molecule has 0 radical (unpaired) electrons. The van der Waals surface area contributed by atoms with Crippen LogP contribution >= 0.6 is 0 Å². The Morgan fingerprint density at radius 1 is 1.62 bits per heavy atom. The van der Waals surface area contributed by atoms with E-state index in [2.05, 4.69) is 21.4 Å². The predicted molar refractivity (Wildman–Crippen MR) is 62.1 cm³/mol. The zero-order chi connectivity index (χ0) is 12.0. The molecular formula is C11H21N3O2. The van der Waals surface area contributed by atoms with E-state index in [1.165, 1.54) is 0 Å². The fourth-order valence-electron chi connectivity index (χ4n) is 1.71. The number of hydrogen-bond donors (Lipinski definition) is 1. The van der Waals surface area contributed by atoms with Crippen LogP contribution in [0.25, 0.3) is 0 Å². The number of ether oxygens (including phenoxy) is 1. The van der Waals surface area contributed by atoms with Crippen molar-refractivity contribution >= 4 is 0 Å². The van der Waals surface area contributed by atoms with E-state index in [9.17, 15) is 5.11 Å². The second-order valence-electron chi connectivity index (χ2n) is 3.98. The number of nitrogens with zero attached hydrogens (tertiary/aromatic N) is 3. The summed E-state index contributed by atoms with van der Waals surface area (Å²) in [5.41, 5.74) is 1.16. The third-order valence-corrected chi connectivity index (χ3v) is 2.45. The zero-order valence-corrected chi connectivity index (χ0v) is 10.3. The lowest BCUT2D eigenvalue weighted by molar-refractivity contribution is 0.0415. The van der Waals surface area contributed by atoms with Gasteiger partial charge in [-0.15, -0.1) is 0 Å². The van der Waals surface area contributed by atoms with E-state index in [4.69, 9.17) is 4.74 Å². The second kappa shape index (κ2) is 6.62. The largest absolute Gasteiger partial charge is 0.389 e. The molecule has 5 nitrogen and oxygen atoms in total. The van der Waals surface area contributed by atoms with E-state index in [-0.39, 0.29) is 0 Å². The first-order valence-corrected chi connectivity index (χ1v) is 5.52. The van der Waals surface area contributed by atoms with Gasteiger partial charge in [-0.25, -0.2) is 4.98 Å². The molecular weight excluding hydrogens is 206 g/mol. The van der Waals surface area contributed by atoms with Gasteiger partial charge in [0.05, 0.1) is 24.7 Å². The minimum atomic E-state index is -0.437. The fourth-order valence-corrected chi connectivity index (χ4v) is 1.71. The first-order valence-electron chi connectivity index (χ1n) is 5.52. The Labute approximate surface area is 96.7 Å². The van der Waals surface area contributed by atoms with Crippen LogP contribution in [-0.2, 0) is 17.8 Å². The Morgan fingerprint density at radius 3 is 3.00 bits per heavy atom. The van der Waals surface area contributed by atoms with Crippen LogP contribution in [0.15, 0.2) is 12.5 Å². The normalized spacial score (nSPS) is 13.3. The number of aryl methyl sites for hydroxylation is 1. The highest BCUT2D eigenvalue weighted by Gasteiger charge is 2.10. The molecule has 0 aliphatic rings. The Hall–Kier alpha value is -0.910. The van der Waals surface area contributed by atoms with Crippen LogP contribution in [-0.4, -0.2) is 53.0 Å². The van der Waals surface area contributed by atoms with Crippen LogP contribution in [0, 0.1) is 0 Å². The Kier molecular flexibility index (Phi) is 5.45. The van der Waals surface area contributed by atoms with E-state index in [0.717, 1.165) is 18.8 Å². The van der Waals surface area contributed by atoms with Crippen molar-refractivity contribution in [2.75, 3.05) is 27.3 Å². The van der Waals surface area contributed by atoms with Gasteiger partial charge in [-0.1, -0.05) is 0 Å². The molecule has 0 fully saturated rings. The number of rotatable bonds is 7. The molecule has 1 aromatic heterocycles. The summed E-state index contributed by atoms with van der Waals surface area (Å²) in [6, 6.07) is 0. The van der Waals surface area contributed by atoms with Gasteiger partial charge in [-0.05, 0) is 14.0 Å². The van der Waals surface area contributed by atoms with E-state index < -0.39 is 6.10 Å². The summed E-state index contributed by atoms with van der Waals surface area (Å²) in [5, 5.41) is 9.59. The van der Waals surface area contributed by atoms with Gasteiger partial charge in [0.2, 0.25) is 0 Å². The van der Waals surface area contributed by atoms with Crippen LogP contribution < -0.4 is 0 Å². The first-order chi connectivity index (χ1) is 7.67. The lowest BCUT2D eigenvalue weighted by atomic mass is 10.3. The number of hydrogen-bond acceptors (Lipinski definition) is 4. The summed E-state index contributed by atoms with van der Waals surface area (Å²) < 4.78 is 6.99. The van der Waals surface area contributed by atoms with Gasteiger partial charge < -0.3 is 14.4 Å². The summed E-state index contributed by atoms with van der Waals surface area (Å²) in [7, 11) is 3.57. The van der Waals surface area contributed by atoms with Gasteiger partial charge in [0.1, 0.15) is 0 Å². The Bertz CT molecular complexity index is 301. The van der Waals surface area contributed by atoms with Crippen LogP contribution in [0.3, 0.4) is 0 Å². The molecule has 1 rings (SSSR count). The first kappa shape index (κ1) is 13.2. The molecule has 0 bridgehead atoms. The van der Waals surface area contributed by atoms with Crippen molar-refractivity contribution in [1.29, 1.82) is 0 Å². The molecule has 0 saturated carbocycles. The minimum Gasteiger partial charge on any atom is -0.389 e. The average molecular weight is 227 g/mol. The van der Waals surface area contributed by atoms with Gasteiger partial charge in [-0.3, -0.25) is 4.90 Å². The lowest BCUT2D eigenvalue weighted by Gasteiger charge is -2.20. The van der Waals surface area contributed by atoms with Gasteiger partial charge in [0, 0.05) is 32.9 Å². The molecule has 0 amide bonds. The minimum absolute atomic E-state index is 0.372. The van der Waals surface area contributed by atoms with Gasteiger partial charge >= 0.3 is 0 Å². The van der Waals surface area contributed by atoms with Crippen molar-refractivity contribution in [3.8, 4) is 0 Å². The number of aliphatic hydroxyl groups excluding tert-OH is 1. The molecule has 0 saturated heterocycles. The highest BCUT2D eigenvalue weighted by Crippen LogP contribution is 2.03. The van der Waals surface area contributed by atoms with Crippen molar-refractivity contribution in [2.24, 2.45) is 0 Å². The monoisotopic (exact) mass is 227 g/mol.